The highest BCUT2D eigenvalue weighted by Crippen LogP contribution is 2.24. The standard InChI is InChI=1S/C28H43NO4/c1-6-7-8-9-10-13-26(29-18-11-12-25(20-29)28(31)32-5)33-27(30)22(4)24-16-14-23(15-17-24)19-21(2)3/h12,14-17,21-22,26H,6-11,13,18-20H2,1-5H3. The van der Waals surface area contributed by atoms with Crippen molar-refractivity contribution >= 4 is 11.9 Å². The third-order valence-electron chi connectivity index (χ3n) is 6.32. The molecule has 0 bridgehead atoms. The van der Waals surface area contributed by atoms with E-state index in [0.717, 1.165) is 44.2 Å². The van der Waals surface area contributed by atoms with E-state index in [-0.39, 0.29) is 24.1 Å². The number of hydrogen-bond acceptors (Lipinski definition) is 5. The van der Waals surface area contributed by atoms with Gasteiger partial charge >= 0.3 is 11.9 Å². The second-order valence-electron chi connectivity index (χ2n) is 9.64. The van der Waals surface area contributed by atoms with E-state index >= 15 is 0 Å². The van der Waals surface area contributed by atoms with Crippen molar-refractivity contribution in [2.24, 2.45) is 5.92 Å². The van der Waals surface area contributed by atoms with Gasteiger partial charge in [-0.25, -0.2) is 4.79 Å². The fourth-order valence-corrected chi connectivity index (χ4v) is 4.32. The Morgan fingerprint density at radius 1 is 1.03 bits per heavy atom. The van der Waals surface area contributed by atoms with Crippen molar-refractivity contribution in [3.8, 4) is 0 Å². The van der Waals surface area contributed by atoms with E-state index in [0.29, 0.717) is 18.0 Å². The molecule has 33 heavy (non-hydrogen) atoms. The van der Waals surface area contributed by atoms with Crippen LogP contribution in [-0.2, 0) is 25.5 Å². The lowest BCUT2D eigenvalue weighted by atomic mass is 9.97. The van der Waals surface area contributed by atoms with Gasteiger partial charge in [0.15, 0.2) is 6.23 Å². The molecule has 2 atom stereocenters. The van der Waals surface area contributed by atoms with Crippen molar-refractivity contribution in [2.45, 2.75) is 91.2 Å². The molecule has 0 N–H and O–H groups in total. The van der Waals surface area contributed by atoms with E-state index in [4.69, 9.17) is 9.47 Å². The van der Waals surface area contributed by atoms with Crippen LogP contribution in [0.25, 0.3) is 0 Å². The van der Waals surface area contributed by atoms with Gasteiger partial charge in [0.05, 0.1) is 13.0 Å². The van der Waals surface area contributed by atoms with E-state index in [2.05, 4.69) is 37.8 Å². The number of esters is 2. The minimum Gasteiger partial charge on any atom is -0.466 e. The molecular weight excluding hydrogens is 414 g/mol. The Labute approximate surface area is 200 Å². The first-order valence-corrected chi connectivity index (χ1v) is 12.7. The average molecular weight is 458 g/mol. The Morgan fingerprint density at radius 2 is 1.73 bits per heavy atom. The molecule has 2 unspecified atom stereocenters. The fourth-order valence-electron chi connectivity index (χ4n) is 4.32. The third kappa shape index (κ3) is 8.96. The molecule has 1 aliphatic heterocycles. The lowest BCUT2D eigenvalue weighted by molar-refractivity contribution is -0.161. The van der Waals surface area contributed by atoms with Crippen molar-refractivity contribution < 1.29 is 19.1 Å². The number of nitrogens with zero attached hydrogens (tertiary/aromatic N) is 1. The molecular formula is C28H43NO4. The summed E-state index contributed by atoms with van der Waals surface area (Å²) < 4.78 is 11.0. The highest BCUT2D eigenvalue weighted by Gasteiger charge is 2.29. The van der Waals surface area contributed by atoms with Gasteiger partial charge < -0.3 is 9.47 Å². The summed E-state index contributed by atoms with van der Waals surface area (Å²) in [7, 11) is 1.40. The van der Waals surface area contributed by atoms with Crippen LogP contribution < -0.4 is 0 Å². The average Bonchev–Trinajstić information content (AvgIpc) is 2.82. The van der Waals surface area contributed by atoms with E-state index in [1.165, 1.54) is 31.9 Å². The summed E-state index contributed by atoms with van der Waals surface area (Å²) in [6, 6.07) is 8.32. The summed E-state index contributed by atoms with van der Waals surface area (Å²) in [5.41, 5.74) is 2.90. The molecule has 1 heterocycles. The summed E-state index contributed by atoms with van der Waals surface area (Å²) in [5, 5.41) is 0. The van der Waals surface area contributed by atoms with E-state index in [1.807, 2.05) is 25.1 Å². The SMILES string of the molecule is CCCCCCCC(OC(=O)C(C)c1ccc(CC(C)C)cc1)N1CCC=C(C(=O)OC)C1. The fraction of sp³-hybridized carbons (Fsp3) is 0.643. The van der Waals surface area contributed by atoms with E-state index in [9.17, 15) is 9.59 Å². The highest BCUT2D eigenvalue weighted by atomic mass is 16.6. The number of ether oxygens (including phenoxy) is 2. The zero-order valence-electron chi connectivity index (χ0n) is 21.3. The number of methoxy groups -OCH3 is 1. The molecule has 0 aliphatic carbocycles. The summed E-state index contributed by atoms with van der Waals surface area (Å²) in [6.07, 6.45) is 9.93. The lowest BCUT2D eigenvalue weighted by Gasteiger charge is -2.34. The van der Waals surface area contributed by atoms with Crippen LogP contribution in [0.5, 0.6) is 0 Å². The van der Waals surface area contributed by atoms with Gasteiger partial charge in [0.2, 0.25) is 0 Å². The van der Waals surface area contributed by atoms with Gasteiger partial charge in [0.25, 0.3) is 0 Å². The predicted octanol–water partition coefficient (Wildman–Crippen LogP) is 6.02. The first-order valence-electron chi connectivity index (χ1n) is 12.7. The molecule has 0 fully saturated rings. The molecule has 0 saturated heterocycles. The van der Waals surface area contributed by atoms with Gasteiger partial charge in [-0.3, -0.25) is 9.69 Å². The molecule has 1 aliphatic rings. The van der Waals surface area contributed by atoms with Crippen LogP contribution in [0.2, 0.25) is 0 Å². The Bertz CT molecular complexity index is 769. The third-order valence-corrected chi connectivity index (χ3v) is 6.32. The number of benzene rings is 1. The second kappa shape index (κ2) is 14.2. The molecule has 0 radical (unpaired) electrons. The van der Waals surface area contributed by atoms with Gasteiger partial charge in [-0.2, -0.15) is 0 Å². The van der Waals surface area contributed by atoms with Crippen molar-refractivity contribution in [1.82, 2.24) is 4.90 Å². The smallest absolute Gasteiger partial charge is 0.334 e. The van der Waals surface area contributed by atoms with Crippen LogP contribution in [-0.4, -0.2) is 43.3 Å². The second-order valence-corrected chi connectivity index (χ2v) is 9.64. The van der Waals surface area contributed by atoms with Crippen LogP contribution in [0.3, 0.4) is 0 Å². The molecule has 2 rings (SSSR count). The maximum absolute atomic E-state index is 13.1. The van der Waals surface area contributed by atoms with Crippen LogP contribution in [0.15, 0.2) is 35.9 Å². The zero-order valence-corrected chi connectivity index (χ0v) is 21.3. The summed E-state index contributed by atoms with van der Waals surface area (Å²) in [4.78, 5) is 27.3. The monoisotopic (exact) mass is 457 g/mol. The van der Waals surface area contributed by atoms with Crippen molar-refractivity contribution in [3.05, 3.63) is 47.0 Å². The minimum atomic E-state index is -0.332. The minimum absolute atomic E-state index is 0.209. The van der Waals surface area contributed by atoms with Crippen LogP contribution >= 0.6 is 0 Å². The number of carbonyl (C=O) groups is 2. The highest BCUT2D eigenvalue weighted by molar-refractivity contribution is 5.89. The number of carbonyl (C=O) groups excluding carboxylic acids is 2. The first kappa shape index (κ1) is 27.1. The number of rotatable bonds is 13. The Balaban J connectivity index is 2.05. The molecule has 184 valence electrons. The van der Waals surface area contributed by atoms with Crippen molar-refractivity contribution in [3.63, 3.8) is 0 Å². The maximum atomic E-state index is 13.1. The van der Waals surface area contributed by atoms with Crippen molar-refractivity contribution in [2.75, 3.05) is 20.2 Å². The van der Waals surface area contributed by atoms with Gasteiger partial charge in [0.1, 0.15) is 0 Å². The lowest BCUT2D eigenvalue weighted by Crippen LogP contribution is -2.43. The molecule has 0 aromatic heterocycles. The predicted molar refractivity (Wildman–Crippen MR) is 133 cm³/mol. The topological polar surface area (TPSA) is 55.8 Å². The molecule has 5 nitrogen and oxygen atoms in total. The quantitative estimate of drug-likeness (QED) is 0.268. The Morgan fingerprint density at radius 3 is 2.36 bits per heavy atom. The van der Waals surface area contributed by atoms with Gasteiger partial charge in [-0.15, -0.1) is 0 Å². The van der Waals surface area contributed by atoms with E-state index < -0.39 is 0 Å². The summed E-state index contributed by atoms with van der Waals surface area (Å²) in [5.74, 6) is -0.243. The molecule has 0 spiro atoms. The largest absolute Gasteiger partial charge is 0.466 e. The Hall–Kier alpha value is -2.14. The molecule has 1 aromatic rings. The number of hydrogen-bond donors (Lipinski definition) is 0. The van der Waals surface area contributed by atoms with Crippen LogP contribution in [0.1, 0.15) is 89.7 Å². The summed E-state index contributed by atoms with van der Waals surface area (Å²) in [6.45, 7) is 9.75. The summed E-state index contributed by atoms with van der Waals surface area (Å²) >= 11 is 0. The van der Waals surface area contributed by atoms with Gasteiger partial charge in [0, 0.05) is 18.7 Å². The Kier molecular flexibility index (Phi) is 11.7. The molecule has 0 amide bonds. The first-order chi connectivity index (χ1) is 15.8. The zero-order chi connectivity index (χ0) is 24.2. The molecule has 5 heteroatoms. The van der Waals surface area contributed by atoms with Gasteiger partial charge in [-0.05, 0) is 49.7 Å². The molecule has 0 saturated carbocycles. The number of unbranched alkanes of at least 4 members (excludes halogenated alkanes) is 4. The normalized spacial score (nSPS) is 16.2. The van der Waals surface area contributed by atoms with Crippen LogP contribution in [0, 0.1) is 5.92 Å². The maximum Gasteiger partial charge on any atom is 0.334 e. The molecule has 1 aromatic carbocycles. The van der Waals surface area contributed by atoms with E-state index in [1.54, 1.807) is 0 Å². The van der Waals surface area contributed by atoms with Gasteiger partial charge in [-0.1, -0.05) is 76.8 Å². The van der Waals surface area contributed by atoms with Crippen LogP contribution in [0.4, 0.5) is 0 Å². The van der Waals surface area contributed by atoms with Crippen molar-refractivity contribution in [1.29, 1.82) is 0 Å².